The Labute approximate surface area is 171 Å². The summed E-state index contributed by atoms with van der Waals surface area (Å²) < 4.78 is 5.80. The van der Waals surface area contributed by atoms with E-state index in [1.807, 2.05) is 48.5 Å². The van der Waals surface area contributed by atoms with E-state index in [0.29, 0.717) is 18.7 Å². The molecule has 0 radical (unpaired) electrons. The number of imide groups is 1. The lowest BCUT2D eigenvalue weighted by atomic mass is 10.0. The lowest BCUT2D eigenvalue weighted by molar-refractivity contribution is -0.136. The van der Waals surface area contributed by atoms with Gasteiger partial charge in [0.15, 0.2) is 0 Å². The SMILES string of the molecule is N#Cc1ccc(-c2ccc(OCCCCCCCN3C(=O)C=CC3=O)cc2)cc1. The highest BCUT2D eigenvalue weighted by Gasteiger charge is 2.21. The number of benzene rings is 2. The summed E-state index contributed by atoms with van der Waals surface area (Å²) in [4.78, 5) is 24.2. The Bertz CT molecular complexity index is 891. The molecule has 1 aliphatic rings. The first-order valence-corrected chi connectivity index (χ1v) is 9.94. The highest BCUT2D eigenvalue weighted by atomic mass is 16.5. The van der Waals surface area contributed by atoms with Gasteiger partial charge >= 0.3 is 0 Å². The van der Waals surface area contributed by atoms with Crippen molar-refractivity contribution in [3.05, 3.63) is 66.2 Å². The molecule has 5 nitrogen and oxygen atoms in total. The number of carbonyl (C=O) groups excluding carboxylic acids is 2. The Morgan fingerprint density at radius 3 is 1.93 bits per heavy atom. The molecule has 0 saturated carbocycles. The van der Waals surface area contributed by atoms with E-state index >= 15 is 0 Å². The molecule has 0 saturated heterocycles. The number of nitriles is 1. The van der Waals surface area contributed by atoms with Crippen molar-refractivity contribution in [2.45, 2.75) is 32.1 Å². The molecule has 0 spiro atoms. The van der Waals surface area contributed by atoms with Crippen LogP contribution in [0.3, 0.4) is 0 Å². The van der Waals surface area contributed by atoms with Crippen molar-refractivity contribution in [1.82, 2.24) is 4.90 Å². The molecule has 2 aromatic rings. The lowest BCUT2D eigenvalue weighted by Crippen LogP contribution is -2.30. The zero-order valence-corrected chi connectivity index (χ0v) is 16.3. The van der Waals surface area contributed by atoms with Crippen molar-refractivity contribution in [2.75, 3.05) is 13.2 Å². The van der Waals surface area contributed by atoms with Crippen LogP contribution < -0.4 is 4.74 Å². The summed E-state index contributed by atoms with van der Waals surface area (Å²) >= 11 is 0. The molecule has 2 aromatic carbocycles. The minimum Gasteiger partial charge on any atom is -0.494 e. The zero-order valence-electron chi connectivity index (χ0n) is 16.3. The summed E-state index contributed by atoms with van der Waals surface area (Å²) in [6.07, 6.45) is 7.59. The standard InChI is InChI=1S/C24H24N2O3/c25-18-19-6-8-20(9-7-19)21-10-12-22(13-11-21)29-17-5-3-1-2-4-16-26-23(27)14-15-24(26)28/h6-15H,1-5,16-17H2. The van der Waals surface area contributed by atoms with E-state index < -0.39 is 0 Å². The normalized spacial score (nSPS) is 13.0. The van der Waals surface area contributed by atoms with E-state index in [-0.39, 0.29) is 11.8 Å². The molecule has 5 heteroatoms. The van der Waals surface area contributed by atoms with Gasteiger partial charge in [0, 0.05) is 18.7 Å². The highest BCUT2D eigenvalue weighted by molar-refractivity contribution is 6.12. The summed E-state index contributed by atoms with van der Waals surface area (Å²) in [6.45, 7) is 1.18. The molecule has 29 heavy (non-hydrogen) atoms. The van der Waals surface area contributed by atoms with Crippen LogP contribution in [0.2, 0.25) is 0 Å². The summed E-state index contributed by atoms with van der Waals surface area (Å²) in [6, 6.07) is 17.6. The maximum atomic E-state index is 11.4. The minimum absolute atomic E-state index is 0.200. The molecule has 0 bridgehead atoms. The predicted octanol–water partition coefficient (Wildman–Crippen LogP) is 4.48. The predicted molar refractivity (Wildman–Crippen MR) is 111 cm³/mol. The fourth-order valence-corrected chi connectivity index (χ4v) is 3.22. The topological polar surface area (TPSA) is 70.4 Å². The molecule has 3 rings (SSSR count). The summed E-state index contributed by atoms with van der Waals surface area (Å²) in [5, 5.41) is 8.87. The molecule has 0 N–H and O–H groups in total. The van der Waals surface area contributed by atoms with Gasteiger partial charge in [-0.25, -0.2) is 0 Å². The van der Waals surface area contributed by atoms with Crippen LogP contribution in [-0.4, -0.2) is 29.9 Å². The Balaban J connectivity index is 1.29. The van der Waals surface area contributed by atoms with E-state index in [0.717, 1.165) is 49.0 Å². The van der Waals surface area contributed by atoms with Crippen molar-refractivity contribution in [3.8, 4) is 22.9 Å². The number of hydrogen-bond donors (Lipinski definition) is 0. The van der Waals surface area contributed by atoms with Crippen LogP contribution in [0.15, 0.2) is 60.7 Å². The van der Waals surface area contributed by atoms with Crippen molar-refractivity contribution in [2.24, 2.45) is 0 Å². The molecule has 0 aliphatic carbocycles. The van der Waals surface area contributed by atoms with E-state index in [9.17, 15) is 9.59 Å². The Morgan fingerprint density at radius 1 is 0.759 bits per heavy atom. The van der Waals surface area contributed by atoms with Gasteiger partial charge in [0.2, 0.25) is 0 Å². The molecule has 2 amide bonds. The zero-order chi connectivity index (χ0) is 20.5. The van der Waals surface area contributed by atoms with Crippen molar-refractivity contribution in [3.63, 3.8) is 0 Å². The molecular weight excluding hydrogens is 364 g/mol. The third-order valence-corrected chi connectivity index (χ3v) is 4.90. The maximum absolute atomic E-state index is 11.4. The monoisotopic (exact) mass is 388 g/mol. The molecular formula is C24H24N2O3. The van der Waals surface area contributed by atoms with Gasteiger partial charge in [-0.05, 0) is 48.2 Å². The summed E-state index contributed by atoms with van der Waals surface area (Å²) in [5.41, 5.74) is 2.82. The van der Waals surface area contributed by atoms with Crippen molar-refractivity contribution < 1.29 is 14.3 Å². The number of amides is 2. The molecule has 0 aromatic heterocycles. The third kappa shape index (κ3) is 5.79. The average molecular weight is 388 g/mol. The van der Waals surface area contributed by atoms with E-state index in [4.69, 9.17) is 10.00 Å². The first-order valence-electron chi connectivity index (χ1n) is 9.94. The number of rotatable bonds is 10. The van der Waals surface area contributed by atoms with Gasteiger partial charge in [-0.3, -0.25) is 14.5 Å². The van der Waals surface area contributed by atoms with Gasteiger partial charge in [-0.15, -0.1) is 0 Å². The largest absolute Gasteiger partial charge is 0.494 e. The number of nitrogens with zero attached hydrogens (tertiary/aromatic N) is 2. The lowest BCUT2D eigenvalue weighted by Gasteiger charge is -2.13. The fraction of sp³-hybridized carbons (Fsp3) is 0.292. The van der Waals surface area contributed by atoms with Gasteiger partial charge in [0.25, 0.3) is 11.8 Å². The second-order valence-corrected chi connectivity index (χ2v) is 6.99. The van der Waals surface area contributed by atoms with Crippen LogP contribution >= 0.6 is 0 Å². The van der Waals surface area contributed by atoms with Gasteiger partial charge in [-0.2, -0.15) is 5.26 Å². The van der Waals surface area contributed by atoms with Crippen LogP contribution in [0, 0.1) is 11.3 Å². The van der Waals surface area contributed by atoms with Crippen LogP contribution in [0.1, 0.15) is 37.7 Å². The molecule has 0 fully saturated rings. The highest BCUT2D eigenvalue weighted by Crippen LogP contribution is 2.23. The number of ether oxygens (including phenoxy) is 1. The molecule has 148 valence electrons. The van der Waals surface area contributed by atoms with Gasteiger partial charge in [-0.1, -0.05) is 43.5 Å². The Morgan fingerprint density at radius 2 is 1.31 bits per heavy atom. The second kappa shape index (κ2) is 10.2. The van der Waals surface area contributed by atoms with Gasteiger partial charge in [0.1, 0.15) is 5.75 Å². The van der Waals surface area contributed by atoms with Crippen LogP contribution in [0.5, 0.6) is 5.75 Å². The number of hydrogen-bond acceptors (Lipinski definition) is 4. The summed E-state index contributed by atoms with van der Waals surface area (Å²) in [7, 11) is 0. The smallest absolute Gasteiger partial charge is 0.253 e. The minimum atomic E-state index is -0.200. The van der Waals surface area contributed by atoms with E-state index in [1.54, 1.807) is 0 Å². The van der Waals surface area contributed by atoms with Gasteiger partial charge in [0.05, 0.1) is 18.2 Å². The van der Waals surface area contributed by atoms with Crippen LogP contribution in [-0.2, 0) is 9.59 Å². The second-order valence-electron chi connectivity index (χ2n) is 6.99. The molecule has 1 aliphatic heterocycles. The van der Waals surface area contributed by atoms with Crippen molar-refractivity contribution in [1.29, 1.82) is 5.26 Å². The quantitative estimate of drug-likeness (QED) is 0.444. The average Bonchev–Trinajstić information content (AvgIpc) is 3.08. The fourth-order valence-electron chi connectivity index (χ4n) is 3.22. The maximum Gasteiger partial charge on any atom is 0.253 e. The molecule has 0 unspecified atom stereocenters. The molecule has 0 atom stereocenters. The van der Waals surface area contributed by atoms with Crippen LogP contribution in [0.4, 0.5) is 0 Å². The Kier molecular flexibility index (Phi) is 7.18. The van der Waals surface area contributed by atoms with Gasteiger partial charge < -0.3 is 4.74 Å². The van der Waals surface area contributed by atoms with E-state index in [1.165, 1.54) is 17.1 Å². The van der Waals surface area contributed by atoms with E-state index in [2.05, 4.69) is 6.07 Å². The molecule has 1 heterocycles. The Hall–Kier alpha value is -3.39. The number of carbonyl (C=O) groups is 2. The van der Waals surface area contributed by atoms with Crippen molar-refractivity contribution >= 4 is 11.8 Å². The first-order chi connectivity index (χ1) is 14.2. The van der Waals surface area contributed by atoms with Crippen LogP contribution in [0.25, 0.3) is 11.1 Å². The number of unbranched alkanes of at least 4 members (excludes halogenated alkanes) is 4. The summed E-state index contributed by atoms with van der Waals surface area (Å²) in [5.74, 6) is 0.447. The third-order valence-electron chi connectivity index (χ3n) is 4.90. The first kappa shape index (κ1) is 20.3.